The number of nitrogens with zero attached hydrogens (tertiary/aromatic N) is 5. The van der Waals surface area contributed by atoms with Crippen LogP contribution in [0.2, 0.25) is 0 Å². The van der Waals surface area contributed by atoms with E-state index in [4.69, 9.17) is 0 Å². The van der Waals surface area contributed by atoms with E-state index in [0.29, 0.717) is 17.9 Å². The van der Waals surface area contributed by atoms with Crippen LogP contribution < -0.4 is 15.1 Å². The van der Waals surface area contributed by atoms with E-state index in [2.05, 4.69) is 32.1 Å². The van der Waals surface area contributed by atoms with Gasteiger partial charge in [0.15, 0.2) is 0 Å². The van der Waals surface area contributed by atoms with Gasteiger partial charge in [-0.2, -0.15) is 15.0 Å². The molecule has 0 saturated carbocycles. The molecule has 6 heteroatoms. The molecule has 112 valence electrons. The van der Waals surface area contributed by atoms with Crippen molar-refractivity contribution in [3.05, 3.63) is 0 Å². The van der Waals surface area contributed by atoms with Gasteiger partial charge in [0.1, 0.15) is 0 Å². The summed E-state index contributed by atoms with van der Waals surface area (Å²) in [6.07, 6.45) is 6.18. The van der Waals surface area contributed by atoms with Crippen molar-refractivity contribution in [3.8, 4) is 0 Å². The predicted molar refractivity (Wildman–Crippen MR) is 83.6 cm³/mol. The van der Waals surface area contributed by atoms with E-state index in [1.54, 1.807) is 0 Å². The normalized spacial score (nSPS) is 19.0. The zero-order valence-electron chi connectivity index (χ0n) is 13.1. The third-order valence-electron chi connectivity index (χ3n) is 3.74. The lowest BCUT2D eigenvalue weighted by Crippen LogP contribution is -2.41. The Bertz CT molecular complexity index is 432. The highest BCUT2D eigenvalue weighted by Crippen LogP contribution is 2.26. The van der Waals surface area contributed by atoms with Crippen LogP contribution in [0, 0.1) is 0 Å². The number of piperidine rings is 1. The van der Waals surface area contributed by atoms with Gasteiger partial charge in [-0.05, 0) is 25.7 Å². The summed E-state index contributed by atoms with van der Waals surface area (Å²) in [4.78, 5) is 17.9. The van der Waals surface area contributed by atoms with Crippen LogP contribution in [0.5, 0.6) is 0 Å². The maximum Gasteiger partial charge on any atom is 0.232 e. The first-order valence-corrected chi connectivity index (χ1v) is 7.53. The van der Waals surface area contributed by atoms with E-state index in [1.807, 2.05) is 26.0 Å². The van der Waals surface area contributed by atoms with Crippen LogP contribution in [0.3, 0.4) is 0 Å². The number of hydrogen-bond donors (Lipinski definition) is 1. The van der Waals surface area contributed by atoms with Gasteiger partial charge >= 0.3 is 0 Å². The SMILES string of the molecule is CCCC1CCCCN1c1nc(NC)nc(N(C)C)n1. The molecule has 2 heterocycles. The average molecular weight is 278 g/mol. The zero-order valence-corrected chi connectivity index (χ0v) is 13.1. The first-order valence-electron chi connectivity index (χ1n) is 7.53. The molecule has 20 heavy (non-hydrogen) atoms. The van der Waals surface area contributed by atoms with E-state index in [-0.39, 0.29) is 0 Å². The Kier molecular flexibility index (Phi) is 4.98. The number of rotatable bonds is 5. The lowest BCUT2D eigenvalue weighted by atomic mass is 9.99. The summed E-state index contributed by atoms with van der Waals surface area (Å²) in [6.45, 7) is 3.29. The molecule has 0 aliphatic carbocycles. The number of aromatic nitrogens is 3. The molecule has 0 bridgehead atoms. The Balaban J connectivity index is 2.31. The van der Waals surface area contributed by atoms with Gasteiger partial charge in [-0.3, -0.25) is 0 Å². The fourth-order valence-electron chi connectivity index (χ4n) is 2.69. The van der Waals surface area contributed by atoms with E-state index < -0.39 is 0 Å². The van der Waals surface area contributed by atoms with Crippen molar-refractivity contribution in [2.24, 2.45) is 0 Å². The predicted octanol–water partition coefficient (Wildman–Crippen LogP) is 2.14. The Morgan fingerprint density at radius 3 is 2.70 bits per heavy atom. The summed E-state index contributed by atoms with van der Waals surface area (Å²) >= 11 is 0. The molecular weight excluding hydrogens is 252 g/mol. The molecule has 6 nitrogen and oxygen atoms in total. The zero-order chi connectivity index (χ0) is 14.5. The van der Waals surface area contributed by atoms with E-state index in [0.717, 1.165) is 12.5 Å². The van der Waals surface area contributed by atoms with E-state index in [1.165, 1.54) is 32.1 Å². The van der Waals surface area contributed by atoms with E-state index >= 15 is 0 Å². The smallest absolute Gasteiger partial charge is 0.232 e. The molecule has 0 amide bonds. The van der Waals surface area contributed by atoms with Gasteiger partial charge in [0.2, 0.25) is 17.8 Å². The number of hydrogen-bond acceptors (Lipinski definition) is 6. The molecule has 1 aliphatic rings. The molecule has 0 spiro atoms. The van der Waals surface area contributed by atoms with Crippen LogP contribution in [0.15, 0.2) is 0 Å². The first kappa shape index (κ1) is 14.8. The highest BCUT2D eigenvalue weighted by Gasteiger charge is 2.25. The monoisotopic (exact) mass is 278 g/mol. The number of anilines is 3. The largest absolute Gasteiger partial charge is 0.357 e. The molecule has 1 aromatic rings. The second kappa shape index (κ2) is 6.72. The van der Waals surface area contributed by atoms with Crippen molar-refractivity contribution < 1.29 is 0 Å². The van der Waals surface area contributed by atoms with Crippen molar-refractivity contribution in [1.29, 1.82) is 0 Å². The van der Waals surface area contributed by atoms with Gasteiger partial charge in [-0.1, -0.05) is 13.3 Å². The fraction of sp³-hybridized carbons (Fsp3) is 0.786. The maximum absolute atomic E-state index is 4.63. The molecule has 1 aromatic heterocycles. The average Bonchev–Trinajstić information content (AvgIpc) is 2.47. The highest BCUT2D eigenvalue weighted by molar-refractivity contribution is 5.45. The van der Waals surface area contributed by atoms with Crippen LogP contribution in [-0.2, 0) is 0 Å². The Morgan fingerprint density at radius 1 is 1.25 bits per heavy atom. The molecule has 0 aromatic carbocycles. The Morgan fingerprint density at radius 2 is 2.05 bits per heavy atom. The minimum absolute atomic E-state index is 0.566. The van der Waals surface area contributed by atoms with Crippen LogP contribution >= 0.6 is 0 Å². The minimum atomic E-state index is 0.566. The summed E-state index contributed by atoms with van der Waals surface area (Å²) in [5.74, 6) is 2.16. The van der Waals surface area contributed by atoms with Crippen molar-refractivity contribution in [2.45, 2.75) is 45.1 Å². The summed E-state index contributed by atoms with van der Waals surface area (Å²) in [6, 6.07) is 0.566. The van der Waals surface area contributed by atoms with Crippen molar-refractivity contribution in [1.82, 2.24) is 15.0 Å². The lowest BCUT2D eigenvalue weighted by Gasteiger charge is -2.36. The van der Waals surface area contributed by atoms with Crippen molar-refractivity contribution in [2.75, 3.05) is 42.8 Å². The third-order valence-corrected chi connectivity index (χ3v) is 3.74. The Labute approximate surface area is 121 Å². The van der Waals surface area contributed by atoms with Crippen molar-refractivity contribution in [3.63, 3.8) is 0 Å². The van der Waals surface area contributed by atoms with E-state index in [9.17, 15) is 0 Å². The van der Waals surface area contributed by atoms with Gasteiger partial charge < -0.3 is 15.1 Å². The van der Waals surface area contributed by atoms with Gasteiger partial charge in [0.05, 0.1) is 0 Å². The molecule has 1 saturated heterocycles. The molecule has 1 N–H and O–H groups in total. The van der Waals surface area contributed by atoms with Gasteiger partial charge in [-0.25, -0.2) is 0 Å². The summed E-state index contributed by atoms with van der Waals surface area (Å²) < 4.78 is 0. The quantitative estimate of drug-likeness (QED) is 0.890. The third kappa shape index (κ3) is 3.29. The summed E-state index contributed by atoms with van der Waals surface area (Å²) in [7, 11) is 5.76. The second-order valence-electron chi connectivity index (χ2n) is 5.54. The summed E-state index contributed by atoms with van der Waals surface area (Å²) in [5, 5.41) is 3.03. The minimum Gasteiger partial charge on any atom is -0.357 e. The lowest BCUT2D eigenvalue weighted by molar-refractivity contribution is 0.428. The molecule has 0 radical (unpaired) electrons. The number of nitrogens with one attached hydrogen (secondary N) is 1. The molecule has 1 fully saturated rings. The second-order valence-corrected chi connectivity index (χ2v) is 5.54. The highest BCUT2D eigenvalue weighted by atomic mass is 15.4. The molecule has 2 rings (SSSR count). The maximum atomic E-state index is 4.63. The summed E-state index contributed by atoms with van der Waals surface area (Å²) in [5.41, 5.74) is 0. The fourth-order valence-corrected chi connectivity index (χ4v) is 2.69. The van der Waals surface area contributed by atoms with Gasteiger partial charge in [0.25, 0.3) is 0 Å². The van der Waals surface area contributed by atoms with Gasteiger partial charge in [0, 0.05) is 33.7 Å². The topological polar surface area (TPSA) is 57.2 Å². The van der Waals surface area contributed by atoms with Crippen LogP contribution in [0.25, 0.3) is 0 Å². The molecular formula is C14H26N6. The molecule has 1 unspecified atom stereocenters. The van der Waals surface area contributed by atoms with Crippen LogP contribution in [0.1, 0.15) is 39.0 Å². The van der Waals surface area contributed by atoms with Crippen LogP contribution in [0.4, 0.5) is 17.8 Å². The van der Waals surface area contributed by atoms with Gasteiger partial charge in [-0.15, -0.1) is 0 Å². The van der Waals surface area contributed by atoms with Crippen LogP contribution in [-0.4, -0.2) is 48.7 Å². The standard InChI is InChI=1S/C14H26N6/c1-5-8-11-9-6-7-10-20(11)14-17-12(15-2)16-13(18-14)19(3)4/h11H,5-10H2,1-4H3,(H,15,16,17,18). The molecule has 1 aliphatic heterocycles. The molecule has 1 atom stereocenters. The van der Waals surface area contributed by atoms with Crippen molar-refractivity contribution >= 4 is 17.8 Å². The Hall–Kier alpha value is -1.59. The first-order chi connectivity index (χ1) is 9.65.